The van der Waals surface area contributed by atoms with E-state index in [1.165, 1.54) is 16.8 Å². The highest BCUT2D eigenvalue weighted by Crippen LogP contribution is 2.45. The first kappa shape index (κ1) is 19.9. The summed E-state index contributed by atoms with van der Waals surface area (Å²) >= 11 is 0. The van der Waals surface area contributed by atoms with E-state index in [0.717, 1.165) is 29.8 Å². The van der Waals surface area contributed by atoms with Crippen molar-refractivity contribution >= 4 is 5.91 Å². The molecule has 0 saturated carbocycles. The minimum absolute atomic E-state index is 0.0761. The van der Waals surface area contributed by atoms with Gasteiger partial charge in [0.1, 0.15) is 5.75 Å². The van der Waals surface area contributed by atoms with Crippen LogP contribution in [-0.2, 0) is 11.0 Å². The van der Waals surface area contributed by atoms with E-state index in [1.54, 1.807) is 0 Å². The van der Waals surface area contributed by atoms with Crippen LogP contribution in [0.4, 0.5) is 0 Å². The second kappa shape index (κ2) is 7.01. The molecule has 2 aliphatic rings. The molecule has 0 unspecified atom stereocenters. The number of likely N-dealkylation sites (tertiary alicyclic amines) is 1. The molecule has 160 valence electrons. The molecule has 3 aromatic rings. The topological polar surface area (TPSA) is 34.5 Å². The smallest absolute Gasteiger partial charge is 0.253 e. The third-order valence-electron chi connectivity index (χ3n) is 6.79. The van der Waals surface area contributed by atoms with Crippen molar-refractivity contribution in [2.75, 3.05) is 13.1 Å². The van der Waals surface area contributed by atoms with Crippen LogP contribution in [0.25, 0.3) is 5.69 Å². The van der Waals surface area contributed by atoms with Gasteiger partial charge in [0.05, 0.1) is 11.4 Å². The maximum atomic E-state index is 13.3. The van der Waals surface area contributed by atoms with Gasteiger partial charge in [0.2, 0.25) is 0 Å². The Morgan fingerprint density at radius 1 is 1.00 bits per heavy atom. The zero-order valence-corrected chi connectivity index (χ0v) is 18.8. The molecule has 0 aliphatic carbocycles. The number of hydrogen-bond donors (Lipinski definition) is 0. The normalized spacial score (nSPS) is 17.1. The predicted molar refractivity (Wildman–Crippen MR) is 123 cm³/mol. The van der Waals surface area contributed by atoms with E-state index in [0.29, 0.717) is 13.1 Å². The molecule has 1 amide bonds. The van der Waals surface area contributed by atoms with Gasteiger partial charge in [0.15, 0.2) is 5.60 Å². The van der Waals surface area contributed by atoms with Gasteiger partial charge in [0, 0.05) is 37.7 Å². The quantitative estimate of drug-likeness (QED) is 0.519. The van der Waals surface area contributed by atoms with E-state index in [9.17, 15) is 4.79 Å². The number of para-hydroxylation sites is 2. The van der Waals surface area contributed by atoms with Crippen LogP contribution >= 0.6 is 0 Å². The maximum absolute atomic E-state index is 13.3. The number of nitrogens with zero attached hydrogens (tertiary/aromatic N) is 2. The van der Waals surface area contributed by atoms with Crippen LogP contribution in [0.5, 0.6) is 5.75 Å². The first-order valence-electron chi connectivity index (χ1n) is 11.2. The molecule has 1 spiro atoms. The molecule has 0 atom stereocenters. The first-order valence-corrected chi connectivity index (χ1v) is 11.2. The minimum Gasteiger partial charge on any atom is -0.479 e. The summed E-state index contributed by atoms with van der Waals surface area (Å²) in [6.45, 7) is 10.1. The number of carbonyl (C=O) groups excluding carboxylic acids is 1. The standard InChI is InChI=1S/C27H30N2O2/c1-19-18-20(11-12-21(19)26(2,3)4)25(30)28-16-13-27(14-17-28)24-10-7-15-29(24)22-8-5-6-9-23(22)31-27/h5-12,15,18H,13-14,16-17H2,1-4H3. The van der Waals surface area contributed by atoms with Crippen LogP contribution < -0.4 is 4.74 Å². The average Bonchev–Trinajstić information content (AvgIpc) is 3.24. The van der Waals surface area contributed by atoms with Crippen molar-refractivity contribution in [2.45, 2.75) is 51.6 Å². The van der Waals surface area contributed by atoms with Crippen molar-refractivity contribution in [3.8, 4) is 11.4 Å². The number of aryl methyl sites for hydroxylation is 1. The molecular weight excluding hydrogens is 384 g/mol. The van der Waals surface area contributed by atoms with Crippen molar-refractivity contribution < 1.29 is 9.53 Å². The molecule has 2 aromatic carbocycles. The number of carbonyl (C=O) groups is 1. The van der Waals surface area contributed by atoms with E-state index in [-0.39, 0.29) is 16.9 Å². The Hall–Kier alpha value is -3.01. The van der Waals surface area contributed by atoms with Gasteiger partial charge in [-0.1, -0.05) is 39.0 Å². The summed E-state index contributed by atoms with van der Waals surface area (Å²) in [6, 6.07) is 18.6. The maximum Gasteiger partial charge on any atom is 0.253 e. The Morgan fingerprint density at radius 2 is 1.74 bits per heavy atom. The SMILES string of the molecule is Cc1cc(C(=O)N2CCC3(CC2)Oc2ccccc2-n2cccc23)ccc1C(C)(C)C. The van der Waals surface area contributed by atoms with Crippen molar-refractivity contribution in [2.24, 2.45) is 0 Å². The second-order valence-corrected chi connectivity index (χ2v) is 9.90. The minimum atomic E-state index is -0.374. The lowest BCUT2D eigenvalue weighted by Gasteiger charge is -2.45. The summed E-state index contributed by atoms with van der Waals surface area (Å²) in [5, 5.41) is 0. The summed E-state index contributed by atoms with van der Waals surface area (Å²) < 4.78 is 8.83. The zero-order valence-electron chi connectivity index (χ0n) is 18.8. The van der Waals surface area contributed by atoms with Gasteiger partial charge in [-0.3, -0.25) is 4.79 Å². The van der Waals surface area contributed by atoms with Crippen LogP contribution in [0.2, 0.25) is 0 Å². The fourth-order valence-corrected chi connectivity index (χ4v) is 5.22. The van der Waals surface area contributed by atoms with Crippen LogP contribution in [0.3, 0.4) is 0 Å². The molecule has 4 heteroatoms. The average molecular weight is 415 g/mol. The number of aromatic nitrogens is 1. The molecule has 5 rings (SSSR count). The van der Waals surface area contributed by atoms with Gasteiger partial charge in [-0.15, -0.1) is 0 Å². The molecule has 1 saturated heterocycles. The fourth-order valence-electron chi connectivity index (χ4n) is 5.22. The van der Waals surface area contributed by atoms with Gasteiger partial charge in [0.25, 0.3) is 5.91 Å². The highest BCUT2D eigenvalue weighted by molar-refractivity contribution is 5.94. The van der Waals surface area contributed by atoms with Crippen LogP contribution in [-0.4, -0.2) is 28.5 Å². The van der Waals surface area contributed by atoms with Crippen molar-refractivity contribution in [1.82, 2.24) is 9.47 Å². The Kier molecular flexibility index (Phi) is 4.51. The summed E-state index contributed by atoms with van der Waals surface area (Å²) in [5.41, 5.74) is 5.21. The van der Waals surface area contributed by atoms with Crippen molar-refractivity contribution in [1.29, 1.82) is 0 Å². The third kappa shape index (κ3) is 3.25. The number of amides is 1. The molecule has 31 heavy (non-hydrogen) atoms. The molecule has 1 fully saturated rings. The van der Waals surface area contributed by atoms with Gasteiger partial charge in [-0.05, 0) is 59.9 Å². The number of benzene rings is 2. The summed E-state index contributed by atoms with van der Waals surface area (Å²) in [5.74, 6) is 1.03. The largest absolute Gasteiger partial charge is 0.479 e. The predicted octanol–water partition coefficient (Wildman–Crippen LogP) is 5.61. The summed E-state index contributed by atoms with van der Waals surface area (Å²) in [4.78, 5) is 15.2. The number of rotatable bonds is 1. The Bertz CT molecular complexity index is 1140. The molecular formula is C27H30N2O2. The van der Waals surface area contributed by atoms with Gasteiger partial charge in [-0.2, -0.15) is 0 Å². The zero-order chi connectivity index (χ0) is 21.8. The molecule has 0 N–H and O–H groups in total. The Morgan fingerprint density at radius 3 is 2.45 bits per heavy atom. The van der Waals surface area contributed by atoms with Crippen LogP contribution in [0.1, 0.15) is 60.8 Å². The molecule has 4 nitrogen and oxygen atoms in total. The van der Waals surface area contributed by atoms with Crippen LogP contribution in [0, 0.1) is 6.92 Å². The number of hydrogen-bond acceptors (Lipinski definition) is 2. The molecule has 2 aliphatic heterocycles. The summed E-state index contributed by atoms with van der Waals surface area (Å²) in [6.07, 6.45) is 3.68. The molecule has 3 heterocycles. The molecule has 0 bridgehead atoms. The monoisotopic (exact) mass is 414 g/mol. The fraction of sp³-hybridized carbons (Fsp3) is 0.370. The van der Waals surface area contributed by atoms with Gasteiger partial charge < -0.3 is 14.2 Å². The number of piperidine rings is 1. The summed E-state index contributed by atoms with van der Waals surface area (Å²) in [7, 11) is 0. The Labute approximate surface area is 184 Å². The van der Waals surface area contributed by atoms with Crippen molar-refractivity contribution in [3.05, 3.63) is 83.2 Å². The van der Waals surface area contributed by atoms with Gasteiger partial charge in [-0.25, -0.2) is 0 Å². The number of ether oxygens (including phenoxy) is 1. The lowest BCUT2D eigenvalue weighted by Crippen LogP contribution is -2.50. The van der Waals surface area contributed by atoms with E-state index >= 15 is 0 Å². The van der Waals surface area contributed by atoms with E-state index in [4.69, 9.17) is 4.74 Å². The van der Waals surface area contributed by atoms with E-state index < -0.39 is 0 Å². The highest BCUT2D eigenvalue weighted by atomic mass is 16.5. The lowest BCUT2D eigenvalue weighted by molar-refractivity contribution is -0.00931. The highest BCUT2D eigenvalue weighted by Gasteiger charge is 2.44. The van der Waals surface area contributed by atoms with E-state index in [2.05, 4.69) is 62.7 Å². The molecule has 0 radical (unpaired) electrons. The number of fused-ring (bicyclic) bond motifs is 4. The van der Waals surface area contributed by atoms with E-state index in [1.807, 2.05) is 35.2 Å². The molecule has 1 aromatic heterocycles. The van der Waals surface area contributed by atoms with Crippen molar-refractivity contribution in [3.63, 3.8) is 0 Å². The Balaban J connectivity index is 1.37. The van der Waals surface area contributed by atoms with Gasteiger partial charge >= 0.3 is 0 Å². The third-order valence-corrected chi connectivity index (χ3v) is 6.79. The lowest BCUT2D eigenvalue weighted by atomic mass is 9.83. The first-order chi connectivity index (χ1) is 14.8. The second-order valence-electron chi connectivity index (χ2n) is 9.90. The van der Waals surface area contributed by atoms with Crippen LogP contribution in [0.15, 0.2) is 60.8 Å².